The highest BCUT2D eigenvalue weighted by Gasteiger charge is 2.31. The predicted octanol–water partition coefficient (Wildman–Crippen LogP) is 0.575. The van der Waals surface area contributed by atoms with Gasteiger partial charge in [-0.2, -0.15) is 0 Å². The number of hydrogen-bond donors (Lipinski definition) is 1. The smallest absolute Gasteiger partial charge is 0.240 e. The van der Waals surface area contributed by atoms with Crippen LogP contribution in [0.15, 0.2) is 24.3 Å². The quantitative estimate of drug-likeness (QED) is 0.884. The molecule has 0 spiro atoms. The minimum absolute atomic E-state index is 0.0106. The SMILES string of the molecule is COC[C@H]1CN(C(=O)[C@@H]2Cc3ccccc3CN2)CCO1. The number of hydrogen-bond acceptors (Lipinski definition) is 4. The van der Waals surface area contributed by atoms with Gasteiger partial charge in [0.15, 0.2) is 0 Å². The van der Waals surface area contributed by atoms with Crippen molar-refractivity contribution in [3.63, 3.8) is 0 Å². The molecular formula is C16H22N2O3. The molecule has 21 heavy (non-hydrogen) atoms. The molecule has 0 aliphatic carbocycles. The van der Waals surface area contributed by atoms with Gasteiger partial charge in [-0.25, -0.2) is 0 Å². The van der Waals surface area contributed by atoms with Crippen LogP contribution >= 0.6 is 0 Å². The van der Waals surface area contributed by atoms with Gasteiger partial charge >= 0.3 is 0 Å². The fraction of sp³-hybridized carbons (Fsp3) is 0.562. The third kappa shape index (κ3) is 3.26. The Morgan fingerprint density at radius 1 is 1.43 bits per heavy atom. The van der Waals surface area contributed by atoms with Crippen LogP contribution in [0.4, 0.5) is 0 Å². The number of carbonyl (C=O) groups excluding carboxylic acids is 1. The van der Waals surface area contributed by atoms with Gasteiger partial charge in [-0.15, -0.1) is 0 Å². The number of nitrogens with one attached hydrogen (secondary N) is 1. The Morgan fingerprint density at radius 2 is 2.24 bits per heavy atom. The third-order valence-corrected chi connectivity index (χ3v) is 4.18. The minimum Gasteiger partial charge on any atom is -0.382 e. The Labute approximate surface area is 125 Å². The van der Waals surface area contributed by atoms with Crippen molar-refractivity contribution in [1.82, 2.24) is 10.2 Å². The van der Waals surface area contributed by atoms with E-state index < -0.39 is 0 Å². The highest BCUT2D eigenvalue weighted by atomic mass is 16.5. The summed E-state index contributed by atoms with van der Waals surface area (Å²) in [5.41, 5.74) is 2.57. The zero-order chi connectivity index (χ0) is 14.7. The van der Waals surface area contributed by atoms with E-state index in [1.54, 1.807) is 7.11 Å². The number of ether oxygens (including phenoxy) is 2. The van der Waals surface area contributed by atoms with Crippen LogP contribution in [-0.4, -0.2) is 56.4 Å². The van der Waals surface area contributed by atoms with Crippen LogP contribution < -0.4 is 5.32 Å². The van der Waals surface area contributed by atoms with Crippen LogP contribution in [0.1, 0.15) is 11.1 Å². The summed E-state index contributed by atoms with van der Waals surface area (Å²) in [6.45, 7) is 3.16. The molecule has 0 radical (unpaired) electrons. The molecule has 2 heterocycles. The van der Waals surface area contributed by atoms with E-state index in [0.717, 1.165) is 13.0 Å². The van der Waals surface area contributed by atoms with Crippen LogP contribution in [0.5, 0.6) is 0 Å². The minimum atomic E-state index is -0.124. The molecule has 3 rings (SSSR count). The van der Waals surface area contributed by atoms with Crippen molar-refractivity contribution < 1.29 is 14.3 Å². The van der Waals surface area contributed by atoms with Gasteiger partial charge < -0.3 is 19.7 Å². The van der Waals surface area contributed by atoms with Gasteiger partial charge in [-0.05, 0) is 17.5 Å². The van der Waals surface area contributed by atoms with Gasteiger partial charge in [-0.3, -0.25) is 4.79 Å². The van der Waals surface area contributed by atoms with Gasteiger partial charge in [0, 0.05) is 26.7 Å². The molecule has 0 saturated carbocycles. The standard InChI is InChI=1S/C16H22N2O3/c1-20-11-14-10-18(6-7-21-14)16(19)15-8-12-4-2-3-5-13(12)9-17-15/h2-5,14-15,17H,6-11H2,1H3/t14-,15+/m1/s1. The molecule has 1 aromatic rings. The normalized spacial score (nSPS) is 25.5. The maximum Gasteiger partial charge on any atom is 0.240 e. The molecule has 2 aliphatic heterocycles. The second kappa shape index (κ2) is 6.56. The van der Waals surface area contributed by atoms with Gasteiger partial charge in [-0.1, -0.05) is 24.3 Å². The van der Waals surface area contributed by atoms with E-state index in [0.29, 0.717) is 26.3 Å². The fourth-order valence-electron chi connectivity index (χ4n) is 3.06. The molecule has 1 amide bonds. The van der Waals surface area contributed by atoms with Crippen molar-refractivity contribution in [1.29, 1.82) is 0 Å². The Bertz CT molecular complexity index is 504. The number of fused-ring (bicyclic) bond motifs is 1. The van der Waals surface area contributed by atoms with E-state index in [1.807, 2.05) is 17.0 Å². The maximum atomic E-state index is 12.7. The Morgan fingerprint density at radius 3 is 3.05 bits per heavy atom. The fourth-order valence-corrected chi connectivity index (χ4v) is 3.06. The van der Waals surface area contributed by atoms with Crippen LogP contribution in [-0.2, 0) is 27.2 Å². The van der Waals surface area contributed by atoms with Gasteiger partial charge in [0.1, 0.15) is 0 Å². The summed E-state index contributed by atoms with van der Waals surface area (Å²) in [7, 11) is 1.66. The van der Waals surface area contributed by atoms with Crippen LogP contribution in [0.2, 0.25) is 0 Å². The van der Waals surface area contributed by atoms with E-state index in [-0.39, 0.29) is 18.1 Å². The molecular weight excluding hydrogens is 268 g/mol. The van der Waals surface area contributed by atoms with Crippen molar-refractivity contribution >= 4 is 5.91 Å². The van der Waals surface area contributed by atoms with Crippen LogP contribution in [0, 0.1) is 0 Å². The van der Waals surface area contributed by atoms with Gasteiger partial charge in [0.05, 0.1) is 25.4 Å². The first-order valence-corrected chi connectivity index (χ1v) is 7.47. The van der Waals surface area contributed by atoms with Crippen molar-refractivity contribution in [3.05, 3.63) is 35.4 Å². The summed E-state index contributed by atoms with van der Waals surface area (Å²) in [6, 6.07) is 8.19. The van der Waals surface area contributed by atoms with Crippen molar-refractivity contribution in [2.75, 3.05) is 33.4 Å². The van der Waals surface area contributed by atoms with E-state index in [2.05, 4.69) is 17.4 Å². The Hall–Kier alpha value is -1.43. The second-order valence-electron chi connectivity index (χ2n) is 5.64. The van der Waals surface area contributed by atoms with Crippen molar-refractivity contribution in [2.45, 2.75) is 25.1 Å². The molecule has 1 N–H and O–H groups in total. The van der Waals surface area contributed by atoms with Crippen molar-refractivity contribution in [2.24, 2.45) is 0 Å². The molecule has 0 unspecified atom stereocenters. The number of carbonyl (C=O) groups is 1. The maximum absolute atomic E-state index is 12.7. The highest BCUT2D eigenvalue weighted by molar-refractivity contribution is 5.82. The second-order valence-corrected chi connectivity index (χ2v) is 5.64. The van der Waals surface area contributed by atoms with Gasteiger partial charge in [0.2, 0.25) is 5.91 Å². The number of amides is 1. The molecule has 2 aliphatic rings. The molecule has 0 aromatic heterocycles. The van der Waals surface area contributed by atoms with Gasteiger partial charge in [0.25, 0.3) is 0 Å². The molecule has 1 fully saturated rings. The van der Waals surface area contributed by atoms with Crippen LogP contribution in [0.3, 0.4) is 0 Å². The average Bonchev–Trinajstić information content (AvgIpc) is 2.54. The van der Waals surface area contributed by atoms with E-state index >= 15 is 0 Å². The number of methoxy groups -OCH3 is 1. The zero-order valence-electron chi connectivity index (χ0n) is 12.4. The lowest BCUT2D eigenvalue weighted by Crippen LogP contribution is -2.54. The topological polar surface area (TPSA) is 50.8 Å². The molecule has 0 bridgehead atoms. The summed E-state index contributed by atoms with van der Waals surface area (Å²) < 4.78 is 10.7. The number of rotatable bonds is 3. The first-order chi connectivity index (χ1) is 10.3. The molecule has 5 heteroatoms. The third-order valence-electron chi connectivity index (χ3n) is 4.18. The molecule has 114 valence electrons. The number of morpholine rings is 1. The first kappa shape index (κ1) is 14.5. The first-order valence-electron chi connectivity index (χ1n) is 7.47. The lowest BCUT2D eigenvalue weighted by Gasteiger charge is -2.36. The van der Waals surface area contributed by atoms with Crippen molar-refractivity contribution in [3.8, 4) is 0 Å². The molecule has 1 aromatic carbocycles. The average molecular weight is 290 g/mol. The zero-order valence-corrected chi connectivity index (χ0v) is 12.4. The largest absolute Gasteiger partial charge is 0.382 e. The number of nitrogens with zero attached hydrogens (tertiary/aromatic N) is 1. The lowest BCUT2D eigenvalue weighted by atomic mass is 9.95. The van der Waals surface area contributed by atoms with E-state index in [4.69, 9.17) is 9.47 Å². The molecule has 1 saturated heterocycles. The monoisotopic (exact) mass is 290 g/mol. The molecule has 2 atom stereocenters. The summed E-state index contributed by atoms with van der Waals surface area (Å²) in [4.78, 5) is 14.6. The summed E-state index contributed by atoms with van der Waals surface area (Å²) in [5.74, 6) is 0.175. The number of benzene rings is 1. The Balaban J connectivity index is 1.63. The summed E-state index contributed by atoms with van der Waals surface area (Å²) in [5, 5.41) is 3.36. The Kier molecular flexibility index (Phi) is 4.53. The summed E-state index contributed by atoms with van der Waals surface area (Å²) in [6.07, 6.45) is 0.755. The summed E-state index contributed by atoms with van der Waals surface area (Å²) >= 11 is 0. The van der Waals surface area contributed by atoms with E-state index in [9.17, 15) is 4.79 Å². The predicted molar refractivity (Wildman–Crippen MR) is 79.0 cm³/mol. The lowest BCUT2D eigenvalue weighted by molar-refractivity contribution is -0.143. The highest BCUT2D eigenvalue weighted by Crippen LogP contribution is 2.18. The molecule has 5 nitrogen and oxygen atoms in total. The van der Waals surface area contributed by atoms with Crippen LogP contribution in [0.25, 0.3) is 0 Å². The van der Waals surface area contributed by atoms with E-state index in [1.165, 1.54) is 11.1 Å².